The Morgan fingerprint density at radius 1 is 1.20 bits per heavy atom. The molecule has 0 aliphatic heterocycles. The summed E-state index contributed by atoms with van der Waals surface area (Å²) in [6.07, 6.45) is 1.58. The molecular formula is C14H12BrN3OS. The highest BCUT2D eigenvalue weighted by Gasteiger charge is 1.96. The molecule has 0 aromatic heterocycles. The predicted molar refractivity (Wildman–Crippen MR) is 89.2 cm³/mol. The van der Waals surface area contributed by atoms with Crippen molar-refractivity contribution in [3.63, 3.8) is 0 Å². The Hall–Kier alpha value is -1.92. The van der Waals surface area contributed by atoms with Gasteiger partial charge in [-0.3, -0.25) is 5.43 Å². The van der Waals surface area contributed by atoms with Crippen LogP contribution in [0.1, 0.15) is 5.56 Å². The minimum Gasteiger partial charge on any atom is -0.508 e. The van der Waals surface area contributed by atoms with Crippen LogP contribution in [0.25, 0.3) is 0 Å². The molecule has 0 spiro atoms. The van der Waals surface area contributed by atoms with Crippen molar-refractivity contribution >= 4 is 45.2 Å². The molecule has 102 valence electrons. The van der Waals surface area contributed by atoms with Crippen LogP contribution in [0, 0.1) is 0 Å². The quantitative estimate of drug-likeness (QED) is 0.451. The number of anilines is 1. The average molecular weight is 350 g/mol. The standard InChI is InChI=1S/C14H12BrN3OS/c15-11-4-2-5-12(8-11)17-14(20)18-16-9-10-3-1-6-13(19)7-10/h1-9,19H,(H2,17,18,20)/b16-9-. The number of hydrazone groups is 1. The van der Waals surface area contributed by atoms with Crippen LogP contribution in [0.4, 0.5) is 5.69 Å². The van der Waals surface area contributed by atoms with Gasteiger partial charge in [-0.1, -0.05) is 34.1 Å². The van der Waals surface area contributed by atoms with Crippen LogP contribution in [0.3, 0.4) is 0 Å². The van der Waals surface area contributed by atoms with E-state index in [1.807, 2.05) is 30.3 Å². The third-order valence-electron chi connectivity index (χ3n) is 2.33. The van der Waals surface area contributed by atoms with E-state index >= 15 is 0 Å². The second-order valence-electron chi connectivity index (χ2n) is 3.93. The Morgan fingerprint density at radius 3 is 2.75 bits per heavy atom. The van der Waals surface area contributed by atoms with Gasteiger partial charge in [-0.2, -0.15) is 5.10 Å². The molecule has 0 saturated carbocycles. The summed E-state index contributed by atoms with van der Waals surface area (Å²) in [5.74, 6) is 0.198. The first-order valence-electron chi connectivity index (χ1n) is 5.78. The summed E-state index contributed by atoms with van der Waals surface area (Å²) in [5, 5.41) is 16.7. The Labute approximate surface area is 130 Å². The average Bonchev–Trinajstić information content (AvgIpc) is 2.38. The largest absolute Gasteiger partial charge is 0.508 e. The van der Waals surface area contributed by atoms with E-state index < -0.39 is 0 Å². The molecule has 4 nitrogen and oxygen atoms in total. The van der Waals surface area contributed by atoms with Gasteiger partial charge in [0, 0.05) is 10.2 Å². The lowest BCUT2D eigenvalue weighted by atomic mass is 10.2. The zero-order chi connectivity index (χ0) is 14.4. The number of benzene rings is 2. The number of rotatable bonds is 3. The summed E-state index contributed by atoms with van der Waals surface area (Å²) in [5.41, 5.74) is 4.36. The maximum Gasteiger partial charge on any atom is 0.191 e. The van der Waals surface area contributed by atoms with Crippen molar-refractivity contribution in [1.29, 1.82) is 0 Å². The highest BCUT2D eigenvalue weighted by Crippen LogP contribution is 2.15. The monoisotopic (exact) mass is 349 g/mol. The molecular weight excluding hydrogens is 338 g/mol. The molecule has 0 radical (unpaired) electrons. The van der Waals surface area contributed by atoms with E-state index in [0.29, 0.717) is 5.11 Å². The van der Waals surface area contributed by atoms with Crippen LogP contribution in [0.2, 0.25) is 0 Å². The number of hydrogen-bond acceptors (Lipinski definition) is 3. The molecule has 2 aromatic rings. The Bertz CT molecular complexity index is 646. The van der Waals surface area contributed by atoms with Crippen molar-refractivity contribution in [1.82, 2.24) is 5.43 Å². The number of nitrogens with one attached hydrogen (secondary N) is 2. The molecule has 0 amide bonds. The van der Waals surface area contributed by atoms with E-state index in [-0.39, 0.29) is 5.75 Å². The lowest BCUT2D eigenvalue weighted by Crippen LogP contribution is -2.23. The lowest BCUT2D eigenvalue weighted by Gasteiger charge is -2.06. The summed E-state index contributed by atoms with van der Waals surface area (Å²) in [7, 11) is 0. The van der Waals surface area contributed by atoms with Gasteiger partial charge < -0.3 is 10.4 Å². The molecule has 0 bridgehead atoms. The number of phenols is 1. The lowest BCUT2D eigenvalue weighted by molar-refractivity contribution is 0.475. The molecule has 20 heavy (non-hydrogen) atoms. The number of phenolic OH excluding ortho intramolecular Hbond substituents is 1. The van der Waals surface area contributed by atoms with Gasteiger partial charge in [0.2, 0.25) is 0 Å². The predicted octanol–water partition coefficient (Wildman–Crippen LogP) is 3.48. The smallest absolute Gasteiger partial charge is 0.191 e. The molecule has 0 atom stereocenters. The molecule has 0 heterocycles. The van der Waals surface area contributed by atoms with Crippen LogP contribution >= 0.6 is 28.1 Å². The first kappa shape index (κ1) is 14.5. The van der Waals surface area contributed by atoms with E-state index in [0.717, 1.165) is 15.7 Å². The topological polar surface area (TPSA) is 56.7 Å². The number of halogens is 1. The normalized spacial score (nSPS) is 10.4. The van der Waals surface area contributed by atoms with Gasteiger partial charge in [-0.25, -0.2) is 0 Å². The van der Waals surface area contributed by atoms with E-state index in [2.05, 4.69) is 31.8 Å². The van der Waals surface area contributed by atoms with E-state index in [9.17, 15) is 5.11 Å². The summed E-state index contributed by atoms with van der Waals surface area (Å²) < 4.78 is 0.966. The van der Waals surface area contributed by atoms with Crippen molar-refractivity contribution in [2.45, 2.75) is 0 Å². The molecule has 0 aliphatic rings. The summed E-state index contributed by atoms with van der Waals surface area (Å²) in [6.45, 7) is 0. The maximum atomic E-state index is 9.32. The third-order valence-corrected chi connectivity index (χ3v) is 3.02. The van der Waals surface area contributed by atoms with Gasteiger partial charge >= 0.3 is 0 Å². The van der Waals surface area contributed by atoms with Crippen LogP contribution in [-0.2, 0) is 0 Å². The number of thiocarbonyl (C=S) groups is 1. The van der Waals surface area contributed by atoms with Crippen molar-refractivity contribution in [3.05, 3.63) is 58.6 Å². The van der Waals surface area contributed by atoms with E-state index in [1.54, 1.807) is 24.4 Å². The minimum absolute atomic E-state index is 0.198. The summed E-state index contributed by atoms with van der Waals surface area (Å²) in [6, 6.07) is 14.4. The second kappa shape index (κ2) is 7.02. The van der Waals surface area contributed by atoms with Crippen molar-refractivity contribution in [3.8, 4) is 5.75 Å². The van der Waals surface area contributed by atoms with Gasteiger partial charge in [-0.05, 0) is 48.1 Å². The molecule has 0 saturated heterocycles. The third kappa shape index (κ3) is 4.64. The van der Waals surface area contributed by atoms with Gasteiger partial charge in [-0.15, -0.1) is 0 Å². The molecule has 0 unspecified atom stereocenters. The van der Waals surface area contributed by atoms with Crippen molar-refractivity contribution in [2.24, 2.45) is 5.10 Å². The second-order valence-corrected chi connectivity index (χ2v) is 5.25. The molecule has 3 N–H and O–H groups in total. The van der Waals surface area contributed by atoms with Gasteiger partial charge in [0.25, 0.3) is 0 Å². The first-order valence-corrected chi connectivity index (χ1v) is 6.98. The summed E-state index contributed by atoms with van der Waals surface area (Å²) in [4.78, 5) is 0. The number of nitrogens with zero attached hydrogens (tertiary/aromatic N) is 1. The fourth-order valence-corrected chi connectivity index (χ4v) is 2.07. The van der Waals surface area contributed by atoms with Gasteiger partial charge in [0.15, 0.2) is 5.11 Å². The molecule has 2 aromatic carbocycles. The van der Waals surface area contributed by atoms with Crippen LogP contribution < -0.4 is 10.7 Å². The van der Waals surface area contributed by atoms with Crippen LogP contribution in [0.5, 0.6) is 5.75 Å². The molecule has 2 rings (SSSR count). The highest BCUT2D eigenvalue weighted by atomic mass is 79.9. The fraction of sp³-hybridized carbons (Fsp3) is 0. The Kier molecular flexibility index (Phi) is 5.09. The maximum absolute atomic E-state index is 9.32. The fourth-order valence-electron chi connectivity index (χ4n) is 1.50. The summed E-state index contributed by atoms with van der Waals surface area (Å²) >= 11 is 8.50. The minimum atomic E-state index is 0.198. The van der Waals surface area contributed by atoms with E-state index in [1.165, 1.54) is 0 Å². The number of hydrogen-bond donors (Lipinski definition) is 3. The van der Waals surface area contributed by atoms with Crippen LogP contribution in [0.15, 0.2) is 58.1 Å². The van der Waals surface area contributed by atoms with E-state index in [4.69, 9.17) is 12.2 Å². The van der Waals surface area contributed by atoms with Crippen LogP contribution in [-0.4, -0.2) is 16.4 Å². The van der Waals surface area contributed by atoms with Crippen molar-refractivity contribution < 1.29 is 5.11 Å². The number of aromatic hydroxyl groups is 1. The zero-order valence-corrected chi connectivity index (χ0v) is 12.8. The first-order chi connectivity index (χ1) is 9.63. The van der Waals surface area contributed by atoms with Gasteiger partial charge in [0.1, 0.15) is 5.75 Å². The molecule has 0 aliphatic carbocycles. The Morgan fingerprint density at radius 2 is 2.00 bits per heavy atom. The van der Waals surface area contributed by atoms with Crippen molar-refractivity contribution in [2.75, 3.05) is 5.32 Å². The highest BCUT2D eigenvalue weighted by molar-refractivity contribution is 9.10. The SMILES string of the molecule is Oc1cccc(/C=N\NC(=S)Nc2cccc(Br)c2)c1. The zero-order valence-electron chi connectivity index (χ0n) is 10.4. The van der Waals surface area contributed by atoms with Gasteiger partial charge in [0.05, 0.1) is 6.21 Å². The Balaban J connectivity index is 1.89. The molecule has 0 fully saturated rings. The molecule has 6 heteroatoms.